The van der Waals surface area contributed by atoms with Gasteiger partial charge in [-0.2, -0.15) is 9.36 Å². The molecule has 0 N–H and O–H groups in total. The van der Waals surface area contributed by atoms with Gasteiger partial charge in [-0.25, -0.2) is 4.98 Å². The highest BCUT2D eigenvalue weighted by molar-refractivity contribution is 7.09. The smallest absolute Gasteiger partial charge is 0.265 e. The monoisotopic (exact) mass is 294 g/mol. The lowest BCUT2D eigenvalue weighted by molar-refractivity contribution is 0.329. The van der Waals surface area contributed by atoms with E-state index in [9.17, 15) is 0 Å². The molecule has 2 aromatic heterocycles. The largest absolute Gasteiger partial charge is 0.347 e. The molecule has 20 heavy (non-hydrogen) atoms. The molecule has 2 aromatic rings. The molecular weight excluding hydrogens is 276 g/mol. The van der Waals surface area contributed by atoms with Gasteiger partial charge in [0.15, 0.2) is 0 Å². The van der Waals surface area contributed by atoms with E-state index in [1.54, 1.807) is 0 Å². The van der Waals surface area contributed by atoms with Crippen molar-refractivity contribution in [2.45, 2.75) is 25.7 Å². The highest BCUT2D eigenvalue weighted by atomic mass is 32.1. The molecule has 8 heteroatoms. The molecule has 0 bridgehead atoms. The van der Waals surface area contributed by atoms with Gasteiger partial charge in [-0.15, -0.1) is 0 Å². The first-order valence-electron chi connectivity index (χ1n) is 6.69. The molecule has 108 valence electrons. The van der Waals surface area contributed by atoms with Crippen LogP contribution >= 0.6 is 11.5 Å². The fourth-order valence-electron chi connectivity index (χ4n) is 2.31. The van der Waals surface area contributed by atoms with Crippen LogP contribution in [0.15, 0.2) is 4.52 Å². The zero-order valence-electron chi connectivity index (χ0n) is 11.9. The van der Waals surface area contributed by atoms with Crippen molar-refractivity contribution in [3.05, 3.63) is 11.7 Å². The second kappa shape index (κ2) is 5.35. The predicted octanol–water partition coefficient (Wildman–Crippen LogP) is 1.68. The number of nitrogens with zero attached hydrogens (tertiary/aromatic N) is 6. The Morgan fingerprint density at radius 3 is 2.55 bits per heavy atom. The van der Waals surface area contributed by atoms with E-state index in [0.29, 0.717) is 11.9 Å². The van der Waals surface area contributed by atoms with E-state index >= 15 is 0 Å². The van der Waals surface area contributed by atoms with Crippen LogP contribution in [0.3, 0.4) is 0 Å². The number of rotatable bonds is 3. The van der Waals surface area contributed by atoms with Crippen molar-refractivity contribution in [3.63, 3.8) is 0 Å². The van der Waals surface area contributed by atoms with E-state index in [-0.39, 0.29) is 0 Å². The minimum Gasteiger partial charge on any atom is -0.347 e. The van der Waals surface area contributed by atoms with Gasteiger partial charge in [0.05, 0.1) is 0 Å². The highest BCUT2D eigenvalue weighted by Crippen LogP contribution is 2.30. The first kappa shape index (κ1) is 13.3. The Labute approximate surface area is 121 Å². The number of piperidine rings is 1. The molecule has 3 rings (SSSR count). The van der Waals surface area contributed by atoms with E-state index in [2.05, 4.69) is 24.4 Å². The van der Waals surface area contributed by atoms with Gasteiger partial charge in [-0.05, 0) is 24.9 Å². The number of aryl methyl sites for hydroxylation is 1. The van der Waals surface area contributed by atoms with Gasteiger partial charge in [0, 0.05) is 44.6 Å². The number of hydrogen-bond donors (Lipinski definition) is 0. The lowest BCUT2D eigenvalue weighted by Crippen LogP contribution is -2.32. The van der Waals surface area contributed by atoms with E-state index in [4.69, 9.17) is 4.52 Å². The molecule has 0 spiro atoms. The Balaban J connectivity index is 1.63. The Bertz CT molecular complexity index is 572. The van der Waals surface area contributed by atoms with Gasteiger partial charge < -0.3 is 14.3 Å². The van der Waals surface area contributed by atoms with Crippen LogP contribution in [0.5, 0.6) is 0 Å². The summed E-state index contributed by atoms with van der Waals surface area (Å²) >= 11 is 1.47. The molecule has 7 nitrogen and oxygen atoms in total. The van der Waals surface area contributed by atoms with E-state index in [1.807, 2.05) is 25.9 Å². The molecule has 1 fully saturated rings. The van der Waals surface area contributed by atoms with Crippen LogP contribution in [-0.4, -0.2) is 46.7 Å². The highest BCUT2D eigenvalue weighted by Gasteiger charge is 2.26. The summed E-state index contributed by atoms with van der Waals surface area (Å²) in [5.41, 5.74) is 0. The summed E-state index contributed by atoms with van der Waals surface area (Å²) in [5, 5.41) is 4.99. The van der Waals surface area contributed by atoms with E-state index in [1.165, 1.54) is 11.5 Å². The van der Waals surface area contributed by atoms with Crippen LogP contribution in [0.4, 0.5) is 11.1 Å². The molecule has 3 heterocycles. The molecule has 0 saturated carbocycles. The van der Waals surface area contributed by atoms with Crippen LogP contribution in [0, 0.1) is 6.92 Å². The quantitative estimate of drug-likeness (QED) is 0.852. The van der Waals surface area contributed by atoms with Crippen molar-refractivity contribution in [1.29, 1.82) is 0 Å². The third kappa shape index (κ3) is 2.60. The summed E-state index contributed by atoms with van der Waals surface area (Å²) in [5.74, 6) is 2.59. The standard InChI is InChI=1S/C12H18N6OS/c1-8-13-12(20-16-8)18-6-4-9(5-7-18)10-14-11(15-19-10)17(2)3/h9H,4-7H2,1-3H3. The first-order chi connectivity index (χ1) is 9.63. The van der Waals surface area contributed by atoms with Crippen molar-refractivity contribution in [2.75, 3.05) is 37.0 Å². The summed E-state index contributed by atoms with van der Waals surface area (Å²) in [6.45, 7) is 3.84. The van der Waals surface area contributed by atoms with Gasteiger partial charge >= 0.3 is 0 Å². The molecule has 0 aliphatic carbocycles. The second-order valence-electron chi connectivity index (χ2n) is 5.21. The molecule has 0 radical (unpaired) electrons. The van der Waals surface area contributed by atoms with Crippen LogP contribution in [-0.2, 0) is 0 Å². The van der Waals surface area contributed by atoms with Crippen molar-refractivity contribution in [2.24, 2.45) is 0 Å². The normalized spacial score (nSPS) is 16.6. The fourth-order valence-corrected chi connectivity index (χ4v) is 3.03. The third-order valence-corrected chi connectivity index (χ3v) is 4.33. The van der Waals surface area contributed by atoms with E-state index < -0.39 is 0 Å². The van der Waals surface area contributed by atoms with Crippen molar-refractivity contribution >= 4 is 22.6 Å². The predicted molar refractivity (Wildman–Crippen MR) is 77.5 cm³/mol. The molecule has 0 amide bonds. The molecule has 1 saturated heterocycles. The average Bonchev–Trinajstić information content (AvgIpc) is 3.08. The zero-order chi connectivity index (χ0) is 14.1. The van der Waals surface area contributed by atoms with Crippen LogP contribution in [0.25, 0.3) is 0 Å². The topological polar surface area (TPSA) is 71.2 Å². The lowest BCUT2D eigenvalue weighted by atomic mass is 9.97. The SMILES string of the molecule is Cc1nsc(N2CCC(c3nc(N(C)C)no3)CC2)n1. The van der Waals surface area contributed by atoms with Crippen LogP contribution in [0.1, 0.15) is 30.5 Å². The van der Waals surface area contributed by atoms with Crippen molar-refractivity contribution in [1.82, 2.24) is 19.5 Å². The Hall–Kier alpha value is -1.70. The zero-order valence-corrected chi connectivity index (χ0v) is 12.7. The average molecular weight is 294 g/mol. The Morgan fingerprint density at radius 1 is 1.25 bits per heavy atom. The molecule has 1 aliphatic rings. The molecular formula is C12H18N6OS. The summed E-state index contributed by atoms with van der Waals surface area (Å²) in [7, 11) is 3.82. The fraction of sp³-hybridized carbons (Fsp3) is 0.667. The summed E-state index contributed by atoms with van der Waals surface area (Å²) in [6, 6.07) is 0. The van der Waals surface area contributed by atoms with E-state index in [0.717, 1.165) is 42.8 Å². The number of hydrogen-bond acceptors (Lipinski definition) is 8. The number of anilines is 2. The maximum absolute atomic E-state index is 5.36. The summed E-state index contributed by atoms with van der Waals surface area (Å²) in [6.07, 6.45) is 2.02. The van der Waals surface area contributed by atoms with Gasteiger partial charge in [0.25, 0.3) is 5.95 Å². The number of aromatic nitrogens is 4. The summed E-state index contributed by atoms with van der Waals surface area (Å²) < 4.78 is 9.60. The second-order valence-corrected chi connectivity index (χ2v) is 5.94. The maximum atomic E-state index is 5.36. The minimum atomic E-state index is 0.349. The van der Waals surface area contributed by atoms with Gasteiger partial charge in [0.2, 0.25) is 11.0 Å². The van der Waals surface area contributed by atoms with Crippen molar-refractivity contribution in [3.8, 4) is 0 Å². The molecule has 0 aromatic carbocycles. The van der Waals surface area contributed by atoms with Gasteiger partial charge in [-0.1, -0.05) is 0 Å². The molecule has 0 atom stereocenters. The first-order valence-corrected chi connectivity index (χ1v) is 7.47. The summed E-state index contributed by atoms with van der Waals surface area (Å²) in [4.78, 5) is 13.0. The Kier molecular flexibility index (Phi) is 3.56. The third-order valence-electron chi connectivity index (χ3n) is 3.46. The van der Waals surface area contributed by atoms with Gasteiger partial charge in [0.1, 0.15) is 5.82 Å². The van der Waals surface area contributed by atoms with Crippen LogP contribution in [0.2, 0.25) is 0 Å². The van der Waals surface area contributed by atoms with Crippen LogP contribution < -0.4 is 9.80 Å². The molecule has 1 aliphatic heterocycles. The Morgan fingerprint density at radius 2 is 2.00 bits per heavy atom. The van der Waals surface area contributed by atoms with Gasteiger partial charge in [-0.3, -0.25) is 0 Å². The minimum absolute atomic E-state index is 0.349. The van der Waals surface area contributed by atoms with Crippen molar-refractivity contribution < 1.29 is 4.52 Å². The maximum Gasteiger partial charge on any atom is 0.265 e. The molecule has 0 unspecified atom stereocenters. The lowest BCUT2D eigenvalue weighted by Gasteiger charge is -2.29.